The summed E-state index contributed by atoms with van der Waals surface area (Å²) < 4.78 is 0. The van der Waals surface area contributed by atoms with E-state index in [0.717, 1.165) is 11.4 Å². The zero-order valence-electron chi connectivity index (χ0n) is 14.2. The van der Waals surface area contributed by atoms with Gasteiger partial charge in [-0.25, -0.2) is 0 Å². The van der Waals surface area contributed by atoms with Crippen molar-refractivity contribution >= 4 is 43.2 Å². The van der Waals surface area contributed by atoms with Gasteiger partial charge in [0.1, 0.15) is 0 Å². The van der Waals surface area contributed by atoms with Gasteiger partial charge in [-0.15, -0.1) is 25.0 Å². The van der Waals surface area contributed by atoms with E-state index in [4.69, 9.17) is 25.1 Å². The molecule has 0 radical (unpaired) electrons. The standard InChI is InChI=1S/C6H7N2.C6H13P.C6H7P.2ClH.Ru/c7-5-6-3-1-2-4-8-6;2*7-6-4-2-1-3-5-6;;;/h1-4,7H,5H2;6H,1-5,7H2;1-5H,7H2;2*1H;/q-1;;;;;+2/p-2. The van der Waals surface area contributed by atoms with Crippen molar-refractivity contribution in [2.75, 3.05) is 0 Å². The van der Waals surface area contributed by atoms with Crippen LogP contribution >= 0.6 is 37.9 Å². The van der Waals surface area contributed by atoms with E-state index in [1.807, 2.05) is 48.5 Å². The summed E-state index contributed by atoms with van der Waals surface area (Å²) in [6.45, 7) is 0.279. The van der Waals surface area contributed by atoms with Crippen LogP contribution in [0.5, 0.6) is 0 Å². The van der Waals surface area contributed by atoms with Crippen LogP contribution in [0.2, 0.25) is 0 Å². The molecule has 1 aromatic carbocycles. The smallest absolute Gasteiger partial charge is 0.0270 e. The Bertz CT molecular complexity index is 501. The van der Waals surface area contributed by atoms with Crippen molar-refractivity contribution in [2.24, 2.45) is 0 Å². The molecule has 25 heavy (non-hydrogen) atoms. The molecule has 0 bridgehead atoms. The fourth-order valence-corrected chi connectivity index (χ4v) is 2.78. The second kappa shape index (κ2) is 19.2. The van der Waals surface area contributed by atoms with Crippen molar-refractivity contribution in [1.29, 1.82) is 0 Å². The molecule has 0 amide bonds. The second-order valence-electron chi connectivity index (χ2n) is 5.36. The minimum absolute atomic E-state index is 0.279. The van der Waals surface area contributed by atoms with Crippen molar-refractivity contribution < 1.29 is 15.1 Å². The first kappa shape index (κ1) is 25.4. The van der Waals surface area contributed by atoms with Crippen LogP contribution in [0, 0.1) is 0 Å². The van der Waals surface area contributed by atoms with E-state index >= 15 is 0 Å². The summed E-state index contributed by atoms with van der Waals surface area (Å²) in [7, 11) is 15.2. The Morgan fingerprint density at radius 2 is 1.56 bits per heavy atom. The van der Waals surface area contributed by atoms with Gasteiger partial charge in [0.15, 0.2) is 0 Å². The Morgan fingerprint density at radius 3 is 1.84 bits per heavy atom. The van der Waals surface area contributed by atoms with Gasteiger partial charge >= 0.3 is 34.5 Å². The normalized spacial score (nSPS) is 13.3. The molecule has 0 aliphatic heterocycles. The zero-order valence-corrected chi connectivity index (χ0v) is 19.8. The predicted octanol–water partition coefficient (Wildman–Crippen LogP) is 6.39. The molecular weight excluding hydrogens is 478 g/mol. The van der Waals surface area contributed by atoms with Gasteiger partial charge < -0.3 is 5.73 Å². The van der Waals surface area contributed by atoms with Crippen LogP contribution in [0.3, 0.4) is 0 Å². The molecule has 0 saturated heterocycles. The number of nitrogens with zero attached hydrogens (tertiary/aromatic N) is 1. The monoisotopic (exact) mass is 505 g/mol. The van der Waals surface area contributed by atoms with Gasteiger partial charge in [0.05, 0.1) is 0 Å². The minimum atomic E-state index is -0.346. The number of benzene rings is 1. The van der Waals surface area contributed by atoms with Crippen molar-refractivity contribution in [3.05, 3.63) is 66.2 Å². The number of halogens is 2. The number of hydrogen-bond donors (Lipinski definition) is 0. The molecule has 2 unspecified atom stereocenters. The maximum atomic E-state index is 6.88. The van der Waals surface area contributed by atoms with Crippen LogP contribution in [-0.4, -0.2) is 10.6 Å². The number of nitrogens with one attached hydrogen (secondary N) is 1. The number of hydrogen-bond acceptors (Lipinski definition) is 1. The number of aromatic nitrogens is 1. The van der Waals surface area contributed by atoms with Crippen molar-refractivity contribution in [3.8, 4) is 0 Å². The third-order valence-electron chi connectivity index (χ3n) is 3.36. The molecule has 1 aliphatic rings. The molecule has 3 rings (SSSR count). The Kier molecular flexibility index (Phi) is 19.5. The Morgan fingerprint density at radius 1 is 1.00 bits per heavy atom. The molecule has 1 aromatic heterocycles. The largest absolute Gasteiger partial charge is 0.672 e. The molecule has 2 atom stereocenters. The van der Waals surface area contributed by atoms with Gasteiger partial charge in [0.2, 0.25) is 0 Å². The average molecular weight is 505 g/mol. The summed E-state index contributed by atoms with van der Waals surface area (Å²) in [5.41, 5.74) is 8.66. The van der Waals surface area contributed by atoms with E-state index in [2.05, 4.69) is 23.5 Å². The van der Waals surface area contributed by atoms with Gasteiger partial charge in [0.25, 0.3) is 0 Å². The zero-order chi connectivity index (χ0) is 18.8. The van der Waals surface area contributed by atoms with Crippen molar-refractivity contribution in [3.63, 3.8) is 0 Å². The Balaban J connectivity index is 0.000000321. The molecule has 1 saturated carbocycles. The summed E-state index contributed by atoms with van der Waals surface area (Å²) in [5.74, 6) is 0. The van der Waals surface area contributed by atoms with E-state index in [-0.39, 0.29) is 21.7 Å². The quantitative estimate of drug-likeness (QED) is 0.327. The van der Waals surface area contributed by atoms with Crippen molar-refractivity contribution in [1.82, 2.24) is 4.98 Å². The SMILES string of the molecule is PC1CCCCC1.Pc1ccccc1.[Cl][Ru][Cl].[NH-]Cc1ccccn1. The van der Waals surface area contributed by atoms with Gasteiger partial charge in [0, 0.05) is 11.9 Å². The Hall–Kier alpha value is 0.393. The topological polar surface area (TPSA) is 36.7 Å². The summed E-state index contributed by atoms with van der Waals surface area (Å²) in [6, 6.07) is 15.7. The first-order chi connectivity index (χ1) is 12.1. The molecule has 1 aliphatic carbocycles. The summed E-state index contributed by atoms with van der Waals surface area (Å²) in [6.07, 6.45) is 9.01. The maximum Gasteiger partial charge on any atom is 0.0270 e. The van der Waals surface area contributed by atoms with E-state index in [0.29, 0.717) is 0 Å². The maximum absolute atomic E-state index is 6.88. The fraction of sp³-hybridized carbons (Fsp3) is 0.389. The van der Waals surface area contributed by atoms with Gasteiger partial charge in [-0.2, -0.15) is 0 Å². The summed E-state index contributed by atoms with van der Waals surface area (Å²) in [5, 5.41) is 1.24. The van der Waals surface area contributed by atoms with E-state index < -0.39 is 0 Å². The molecule has 1 N–H and O–H groups in total. The second-order valence-corrected chi connectivity index (χ2v) is 9.61. The third kappa shape index (κ3) is 17.6. The van der Waals surface area contributed by atoms with Crippen LogP contribution in [0.25, 0.3) is 5.73 Å². The number of pyridine rings is 1. The number of rotatable bonds is 1. The predicted molar refractivity (Wildman–Crippen MR) is 116 cm³/mol. The van der Waals surface area contributed by atoms with Gasteiger partial charge in [-0.05, 0) is 35.9 Å². The van der Waals surface area contributed by atoms with Gasteiger partial charge in [-0.3, -0.25) is 4.98 Å². The van der Waals surface area contributed by atoms with Crippen LogP contribution in [0.4, 0.5) is 0 Å². The minimum Gasteiger partial charge on any atom is -0.672 e. The van der Waals surface area contributed by atoms with E-state index in [1.165, 1.54) is 37.4 Å². The fourth-order valence-electron chi connectivity index (χ4n) is 2.09. The van der Waals surface area contributed by atoms with Crippen LogP contribution in [-0.2, 0) is 21.7 Å². The molecule has 0 spiro atoms. The molecule has 2 aromatic rings. The first-order valence-corrected chi connectivity index (χ1v) is 13.8. The van der Waals surface area contributed by atoms with E-state index in [9.17, 15) is 0 Å². The summed E-state index contributed by atoms with van der Waals surface area (Å²) >= 11 is -0.346. The Labute approximate surface area is 173 Å². The average Bonchev–Trinajstić information content (AvgIpc) is 2.65. The molecular formula is C18H27Cl2N2P2Ru-. The molecule has 1 heterocycles. The van der Waals surface area contributed by atoms with Gasteiger partial charge in [-0.1, -0.05) is 55.7 Å². The molecule has 2 nitrogen and oxygen atoms in total. The van der Waals surface area contributed by atoms with Crippen molar-refractivity contribution in [2.45, 2.75) is 44.3 Å². The van der Waals surface area contributed by atoms with Crippen LogP contribution in [0.1, 0.15) is 37.8 Å². The van der Waals surface area contributed by atoms with Crippen LogP contribution < -0.4 is 5.30 Å². The first-order valence-electron chi connectivity index (χ1n) is 8.09. The van der Waals surface area contributed by atoms with E-state index in [1.54, 1.807) is 6.20 Å². The summed E-state index contributed by atoms with van der Waals surface area (Å²) in [4.78, 5) is 3.91. The molecule has 7 heteroatoms. The molecule has 142 valence electrons. The van der Waals surface area contributed by atoms with Crippen LogP contribution in [0.15, 0.2) is 54.7 Å². The molecule has 1 fully saturated rings. The third-order valence-corrected chi connectivity index (χ3v) is 4.41.